The zero-order valence-electron chi connectivity index (χ0n) is 16.6. The molecular formula is C21H19N7OS. The Hall–Kier alpha value is -3.46. The van der Waals surface area contributed by atoms with Crippen LogP contribution in [0.3, 0.4) is 0 Å². The minimum Gasteiger partial charge on any atom is -0.268 e. The molecule has 5 aromatic rings. The molecule has 3 aromatic heterocycles. The Morgan fingerprint density at radius 2 is 1.80 bits per heavy atom. The number of nitrogens with zero attached hydrogens (tertiary/aromatic N) is 7. The van der Waals surface area contributed by atoms with Crippen molar-refractivity contribution >= 4 is 28.4 Å². The van der Waals surface area contributed by atoms with E-state index >= 15 is 0 Å². The fourth-order valence-corrected chi connectivity index (χ4v) is 4.58. The SMILES string of the molecule is Cc1cccc(C)c1-n1c(=O)c2ccccc2n2c(SCCn3cncn3)nnc12. The molecule has 0 aliphatic carbocycles. The van der Waals surface area contributed by atoms with Crippen LogP contribution in [0.5, 0.6) is 0 Å². The van der Waals surface area contributed by atoms with Gasteiger partial charge in [-0.3, -0.25) is 13.9 Å². The number of aromatic nitrogens is 7. The summed E-state index contributed by atoms with van der Waals surface area (Å²) in [4.78, 5) is 17.5. The maximum atomic E-state index is 13.5. The molecule has 0 unspecified atom stereocenters. The summed E-state index contributed by atoms with van der Waals surface area (Å²) in [5, 5.41) is 14.3. The first kappa shape index (κ1) is 18.6. The van der Waals surface area contributed by atoms with Gasteiger partial charge in [-0.2, -0.15) is 5.10 Å². The fourth-order valence-electron chi connectivity index (χ4n) is 3.71. The van der Waals surface area contributed by atoms with Crippen LogP contribution in [0.1, 0.15) is 11.1 Å². The number of aryl methyl sites for hydroxylation is 3. The van der Waals surface area contributed by atoms with Crippen LogP contribution in [0, 0.1) is 13.8 Å². The number of benzene rings is 2. The second-order valence-electron chi connectivity index (χ2n) is 7.02. The van der Waals surface area contributed by atoms with Gasteiger partial charge >= 0.3 is 0 Å². The molecule has 0 spiro atoms. The van der Waals surface area contributed by atoms with Gasteiger partial charge in [0.15, 0.2) is 5.16 Å². The average molecular weight is 417 g/mol. The van der Waals surface area contributed by atoms with Crippen LogP contribution >= 0.6 is 11.8 Å². The Kier molecular flexibility index (Phi) is 4.59. The third kappa shape index (κ3) is 2.98. The number of rotatable bonds is 5. The van der Waals surface area contributed by atoms with Crippen molar-refractivity contribution in [1.29, 1.82) is 0 Å². The van der Waals surface area contributed by atoms with Crippen molar-refractivity contribution in [2.24, 2.45) is 0 Å². The van der Waals surface area contributed by atoms with Crippen molar-refractivity contribution in [1.82, 2.24) is 33.9 Å². The molecule has 0 aliphatic rings. The van der Waals surface area contributed by atoms with E-state index in [2.05, 4.69) is 20.3 Å². The van der Waals surface area contributed by atoms with Crippen LogP contribution in [-0.4, -0.2) is 39.7 Å². The van der Waals surface area contributed by atoms with Crippen LogP contribution < -0.4 is 5.56 Å². The molecule has 0 atom stereocenters. The highest BCUT2D eigenvalue weighted by molar-refractivity contribution is 7.99. The quantitative estimate of drug-likeness (QED) is 0.409. The molecule has 2 aromatic carbocycles. The molecule has 0 bridgehead atoms. The van der Waals surface area contributed by atoms with E-state index in [9.17, 15) is 4.79 Å². The van der Waals surface area contributed by atoms with E-state index in [1.807, 2.05) is 60.7 Å². The Morgan fingerprint density at radius 1 is 1.00 bits per heavy atom. The maximum Gasteiger partial charge on any atom is 0.267 e. The predicted molar refractivity (Wildman–Crippen MR) is 116 cm³/mol. The third-order valence-corrected chi connectivity index (χ3v) is 5.99. The number of hydrogen-bond donors (Lipinski definition) is 0. The van der Waals surface area contributed by atoms with Crippen LogP contribution in [0.15, 0.2) is 65.1 Å². The van der Waals surface area contributed by atoms with E-state index in [1.165, 1.54) is 6.33 Å². The van der Waals surface area contributed by atoms with Crippen LogP contribution in [0.2, 0.25) is 0 Å². The van der Waals surface area contributed by atoms with Gasteiger partial charge in [0.2, 0.25) is 5.78 Å². The lowest BCUT2D eigenvalue weighted by molar-refractivity contribution is 0.663. The monoisotopic (exact) mass is 417 g/mol. The van der Waals surface area contributed by atoms with Gasteiger partial charge in [-0.05, 0) is 37.1 Å². The van der Waals surface area contributed by atoms with E-state index in [4.69, 9.17) is 0 Å². The van der Waals surface area contributed by atoms with Crippen molar-refractivity contribution in [3.8, 4) is 5.69 Å². The molecule has 0 radical (unpaired) electrons. The van der Waals surface area contributed by atoms with Gasteiger partial charge < -0.3 is 0 Å². The molecule has 0 N–H and O–H groups in total. The molecule has 3 heterocycles. The lowest BCUT2D eigenvalue weighted by Crippen LogP contribution is -2.23. The van der Waals surface area contributed by atoms with Crippen molar-refractivity contribution < 1.29 is 0 Å². The predicted octanol–water partition coefficient (Wildman–Crippen LogP) is 3.03. The molecule has 9 heteroatoms. The zero-order chi connectivity index (χ0) is 20.7. The van der Waals surface area contributed by atoms with Crippen molar-refractivity contribution in [3.05, 3.63) is 76.6 Å². The first-order valence-electron chi connectivity index (χ1n) is 9.56. The topological polar surface area (TPSA) is 82.9 Å². The summed E-state index contributed by atoms with van der Waals surface area (Å²) in [7, 11) is 0. The fraction of sp³-hybridized carbons (Fsp3) is 0.190. The number of fused-ring (bicyclic) bond motifs is 3. The molecule has 150 valence electrons. The van der Waals surface area contributed by atoms with Gasteiger partial charge in [0.25, 0.3) is 5.56 Å². The average Bonchev–Trinajstić information content (AvgIpc) is 3.40. The van der Waals surface area contributed by atoms with E-state index < -0.39 is 0 Å². The molecule has 0 aliphatic heterocycles. The second kappa shape index (κ2) is 7.42. The number of para-hydroxylation sites is 2. The summed E-state index contributed by atoms with van der Waals surface area (Å²) < 4.78 is 5.43. The Labute approximate surface area is 176 Å². The molecule has 0 amide bonds. The van der Waals surface area contributed by atoms with Gasteiger partial charge in [-0.15, -0.1) is 10.2 Å². The highest BCUT2D eigenvalue weighted by Crippen LogP contribution is 2.25. The molecule has 0 fully saturated rings. The van der Waals surface area contributed by atoms with Crippen molar-refractivity contribution in [2.45, 2.75) is 25.5 Å². The summed E-state index contributed by atoms with van der Waals surface area (Å²) in [5.74, 6) is 1.26. The molecular weight excluding hydrogens is 398 g/mol. The van der Waals surface area contributed by atoms with Crippen LogP contribution in [0.25, 0.3) is 22.4 Å². The van der Waals surface area contributed by atoms with Gasteiger partial charge in [-0.25, -0.2) is 9.55 Å². The van der Waals surface area contributed by atoms with E-state index in [1.54, 1.807) is 27.3 Å². The highest BCUT2D eigenvalue weighted by atomic mass is 32.2. The molecule has 30 heavy (non-hydrogen) atoms. The Morgan fingerprint density at radius 3 is 2.57 bits per heavy atom. The Bertz CT molecular complexity index is 1400. The van der Waals surface area contributed by atoms with Crippen molar-refractivity contribution in [3.63, 3.8) is 0 Å². The largest absolute Gasteiger partial charge is 0.268 e. The summed E-state index contributed by atoms with van der Waals surface area (Å²) in [6.45, 7) is 4.71. The molecule has 0 saturated heterocycles. The summed E-state index contributed by atoms with van der Waals surface area (Å²) >= 11 is 1.57. The number of hydrogen-bond acceptors (Lipinski definition) is 6. The highest BCUT2D eigenvalue weighted by Gasteiger charge is 2.19. The normalized spacial score (nSPS) is 11.5. The minimum atomic E-state index is -0.0953. The van der Waals surface area contributed by atoms with Crippen LogP contribution in [-0.2, 0) is 6.54 Å². The third-order valence-electron chi connectivity index (χ3n) is 5.08. The first-order chi connectivity index (χ1) is 14.6. The number of thioether (sulfide) groups is 1. The molecule has 8 nitrogen and oxygen atoms in total. The smallest absolute Gasteiger partial charge is 0.267 e. The van der Waals surface area contributed by atoms with E-state index in [0.29, 0.717) is 17.7 Å². The first-order valence-corrected chi connectivity index (χ1v) is 10.5. The Balaban J connectivity index is 1.72. The second-order valence-corrected chi connectivity index (χ2v) is 8.09. The molecule has 0 saturated carbocycles. The van der Waals surface area contributed by atoms with Gasteiger partial charge in [0, 0.05) is 5.75 Å². The lowest BCUT2D eigenvalue weighted by atomic mass is 10.1. The van der Waals surface area contributed by atoms with Crippen molar-refractivity contribution in [2.75, 3.05) is 5.75 Å². The zero-order valence-corrected chi connectivity index (χ0v) is 17.4. The van der Waals surface area contributed by atoms with E-state index in [0.717, 1.165) is 33.2 Å². The van der Waals surface area contributed by atoms with Gasteiger partial charge in [0.05, 0.1) is 23.1 Å². The van der Waals surface area contributed by atoms with Gasteiger partial charge in [0.1, 0.15) is 12.7 Å². The maximum absolute atomic E-state index is 13.5. The molecule has 5 rings (SSSR count). The van der Waals surface area contributed by atoms with Gasteiger partial charge in [-0.1, -0.05) is 42.1 Å². The summed E-state index contributed by atoms with van der Waals surface area (Å²) in [6, 6.07) is 13.6. The summed E-state index contributed by atoms with van der Waals surface area (Å²) in [6.07, 6.45) is 3.21. The lowest BCUT2D eigenvalue weighted by Gasteiger charge is -2.15. The van der Waals surface area contributed by atoms with E-state index in [-0.39, 0.29) is 5.56 Å². The van der Waals surface area contributed by atoms with Crippen LogP contribution in [0.4, 0.5) is 0 Å². The standard InChI is InChI=1S/C21H19N7OS/c1-14-6-5-7-15(2)18(14)28-19(29)16-8-3-4-9-17(16)27-20(28)24-25-21(27)30-11-10-26-13-22-12-23-26/h3-9,12-13H,10-11H2,1-2H3. The minimum absolute atomic E-state index is 0.0953. The summed E-state index contributed by atoms with van der Waals surface area (Å²) in [5.41, 5.74) is 3.58.